The predicted molar refractivity (Wildman–Crippen MR) is 331 cm³/mol. The van der Waals surface area contributed by atoms with E-state index in [4.69, 9.17) is 17.7 Å². The largest absolute Gasteiger partial charge is 0.455 e. The molecule has 0 aliphatic heterocycles. The quantitative estimate of drug-likeness (QED) is 0.151. The second kappa shape index (κ2) is 17.3. The van der Waals surface area contributed by atoms with Crippen LogP contribution in [0.25, 0.3) is 132 Å². The van der Waals surface area contributed by atoms with Crippen molar-refractivity contribution in [3.05, 3.63) is 267 Å². The molecule has 4 heterocycles. The van der Waals surface area contributed by atoms with Crippen LogP contribution in [0.15, 0.2) is 285 Å². The molecule has 0 N–H and O–H groups in total. The summed E-state index contributed by atoms with van der Waals surface area (Å²) in [5.41, 5.74) is 16.7. The summed E-state index contributed by atoms with van der Waals surface area (Å²) >= 11 is 0. The Morgan fingerprint density at radius 1 is 0.225 bits per heavy atom. The molecular weight excluding hydrogens is 981 g/mol. The molecule has 0 aliphatic rings. The molecule has 374 valence electrons. The zero-order chi connectivity index (χ0) is 52.4. The van der Waals surface area contributed by atoms with Gasteiger partial charge in [-0.2, -0.15) is 0 Å². The Kier molecular flexibility index (Phi) is 9.61. The van der Waals surface area contributed by atoms with E-state index in [2.05, 4.69) is 252 Å². The second-order valence-corrected chi connectivity index (χ2v) is 20.7. The van der Waals surface area contributed by atoms with Crippen molar-refractivity contribution in [3.63, 3.8) is 0 Å². The molecule has 80 heavy (non-hydrogen) atoms. The fraction of sp³-hybridized carbons (Fsp3) is 0. The maximum absolute atomic E-state index is 7.38. The van der Waals surface area contributed by atoms with Crippen LogP contribution in [-0.4, -0.2) is 0 Å². The number of benzene rings is 13. The van der Waals surface area contributed by atoms with Gasteiger partial charge in [-0.05, 0) is 130 Å². The van der Waals surface area contributed by atoms with Gasteiger partial charge in [-0.25, -0.2) is 0 Å². The minimum atomic E-state index is 0.793. The number of nitrogens with zero attached hydrogens (tertiary/aromatic N) is 2. The Balaban J connectivity index is 0.884. The molecule has 0 saturated heterocycles. The molecular formula is C74H44N2O4. The number of furan rings is 4. The lowest BCUT2D eigenvalue weighted by Gasteiger charge is -2.25. The first-order valence-corrected chi connectivity index (χ1v) is 27.0. The van der Waals surface area contributed by atoms with Gasteiger partial charge in [0.15, 0.2) is 11.2 Å². The van der Waals surface area contributed by atoms with Crippen LogP contribution in [0.1, 0.15) is 0 Å². The monoisotopic (exact) mass is 1020 g/mol. The summed E-state index contributed by atoms with van der Waals surface area (Å²) < 4.78 is 28.1. The van der Waals surface area contributed by atoms with Gasteiger partial charge in [-0.3, -0.25) is 0 Å². The molecule has 17 aromatic rings. The molecule has 6 nitrogen and oxygen atoms in total. The first kappa shape index (κ1) is 44.3. The Bertz CT molecular complexity index is 4970. The number of fused-ring (bicyclic) bond motifs is 14. The SMILES string of the molecule is c1ccc(-c2c3oc4cc5cc(N(c6ccccc6)c6cccc7c6oc6ccccc67)ccc5cc4c3c(-c3ccccc3)c3oc4cc5cc(N(c6ccccc6)c6cccc7c6oc6ccccc67)ccc5cc4c23)cc1. The number of anilines is 6. The van der Waals surface area contributed by atoms with Crippen LogP contribution in [0.2, 0.25) is 0 Å². The van der Waals surface area contributed by atoms with Crippen LogP contribution in [0.4, 0.5) is 34.1 Å². The van der Waals surface area contributed by atoms with Crippen molar-refractivity contribution in [3.8, 4) is 22.3 Å². The normalized spacial score (nSPS) is 12.0. The van der Waals surface area contributed by atoms with Gasteiger partial charge in [0.2, 0.25) is 0 Å². The molecule has 0 atom stereocenters. The van der Waals surface area contributed by atoms with E-state index in [9.17, 15) is 0 Å². The highest BCUT2D eigenvalue weighted by Crippen LogP contribution is 2.53. The number of para-hydroxylation sites is 6. The summed E-state index contributed by atoms with van der Waals surface area (Å²) in [7, 11) is 0. The summed E-state index contributed by atoms with van der Waals surface area (Å²) in [6.07, 6.45) is 0. The summed E-state index contributed by atoms with van der Waals surface area (Å²) in [4.78, 5) is 4.58. The summed E-state index contributed by atoms with van der Waals surface area (Å²) in [6, 6.07) is 94.0. The van der Waals surface area contributed by atoms with Gasteiger partial charge in [0, 0.05) is 77.0 Å². The second-order valence-electron chi connectivity index (χ2n) is 20.7. The van der Waals surface area contributed by atoms with Gasteiger partial charge < -0.3 is 27.5 Å². The topological polar surface area (TPSA) is 59.0 Å². The smallest absolute Gasteiger partial charge is 0.159 e. The highest BCUT2D eigenvalue weighted by atomic mass is 16.3. The van der Waals surface area contributed by atoms with E-state index in [1.54, 1.807) is 0 Å². The third-order valence-electron chi connectivity index (χ3n) is 16.1. The van der Waals surface area contributed by atoms with Crippen LogP contribution >= 0.6 is 0 Å². The molecule has 4 aromatic heterocycles. The molecule has 0 aliphatic carbocycles. The Labute approximate surface area is 457 Å². The van der Waals surface area contributed by atoms with Crippen LogP contribution < -0.4 is 9.80 Å². The minimum absolute atomic E-state index is 0.793. The molecule has 0 amide bonds. The van der Waals surface area contributed by atoms with Gasteiger partial charge >= 0.3 is 0 Å². The van der Waals surface area contributed by atoms with Crippen molar-refractivity contribution in [2.75, 3.05) is 9.80 Å². The molecule has 0 saturated carbocycles. The standard InChI is InChI=1S/C74H44N2O4/c1-5-19-45(20-6-1)67-69-59-41-47-35-37-53(75(51-23-9-3-10-24-51)61-31-17-29-57-55-27-13-15-33-63(55)77-71(57)61)39-49(47)43-65(59)80-74(69)68(46-21-7-2-8-22-46)70-60-42-48-36-38-54(40-50(48)44-66(60)79-73(67)70)76(52-25-11-4-12-26-52)62-32-18-30-58-56-28-14-16-34-64(56)78-72(58)62/h1-44H. The number of hydrogen-bond acceptors (Lipinski definition) is 6. The van der Waals surface area contributed by atoms with E-state index in [0.29, 0.717) is 0 Å². The zero-order valence-corrected chi connectivity index (χ0v) is 42.9. The van der Waals surface area contributed by atoms with Crippen molar-refractivity contribution in [2.24, 2.45) is 0 Å². The van der Waals surface area contributed by atoms with Crippen molar-refractivity contribution < 1.29 is 17.7 Å². The molecule has 17 rings (SSSR count). The van der Waals surface area contributed by atoms with E-state index in [1.807, 2.05) is 24.3 Å². The Morgan fingerprint density at radius 2 is 0.600 bits per heavy atom. The van der Waals surface area contributed by atoms with E-state index in [1.165, 1.54) is 0 Å². The Morgan fingerprint density at radius 3 is 1.04 bits per heavy atom. The number of rotatable bonds is 8. The molecule has 0 bridgehead atoms. The van der Waals surface area contributed by atoms with Gasteiger partial charge in [-0.15, -0.1) is 0 Å². The van der Waals surface area contributed by atoms with Crippen LogP contribution in [0.5, 0.6) is 0 Å². The lowest BCUT2D eigenvalue weighted by Crippen LogP contribution is -2.10. The molecule has 6 heteroatoms. The van der Waals surface area contributed by atoms with E-state index < -0.39 is 0 Å². The fourth-order valence-corrected chi connectivity index (χ4v) is 12.6. The van der Waals surface area contributed by atoms with Crippen LogP contribution in [0, 0.1) is 0 Å². The molecule has 0 fully saturated rings. The molecule has 0 radical (unpaired) electrons. The minimum Gasteiger partial charge on any atom is -0.455 e. The van der Waals surface area contributed by atoms with Gasteiger partial charge in [0.25, 0.3) is 0 Å². The van der Waals surface area contributed by atoms with Crippen molar-refractivity contribution in [1.29, 1.82) is 0 Å². The highest BCUT2D eigenvalue weighted by Gasteiger charge is 2.28. The van der Waals surface area contributed by atoms with Crippen LogP contribution in [-0.2, 0) is 0 Å². The van der Waals surface area contributed by atoms with Gasteiger partial charge in [0.1, 0.15) is 33.5 Å². The molecule has 0 unspecified atom stereocenters. The first-order chi connectivity index (χ1) is 39.7. The van der Waals surface area contributed by atoms with Crippen molar-refractivity contribution in [2.45, 2.75) is 0 Å². The summed E-state index contributed by atoms with van der Waals surface area (Å²) in [5, 5.41) is 12.7. The zero-order valence-electron chi connectivity index (χ0n) is 42.9. The van der Waals surface area contributed by atoms with Gasteiger partial charge in [0.05, 0.1) is 11.4 Å². The average molecular weight is 1030 g/mol. The molecule has 13 aromatic carbocycles. The lowest BCUT2D eigenvalue weighted by atomic mass is 9.90. The lowest BCUT2D eigenvalue weighted by molar-refractivity contribution is 0.666. The fourth-order valence-electron chi connectivity index (χ4n) is 12.6. The van der Waals surface area contributed by atoms with E-state index in [-0.39, 0.29) is 0 Å². The molecule has 0 spiro atoms. The summed E-state index contributed by atoms with van der Waals surface area (Å²) in [5.74, 6) is 0. The first-order valence-electron chi connectivity index (χ1n) is 27.0. The van der Waals surface area contributed by atoms with Crippen molar-refractivity contribution in [1.82, 2.24) is 0 Å². The maximum atomic E-state index is 7.38. The highest BCUT2D eigenvalue weighted by molar-refractivity contribution is 6.31. The third-order valence-corrected chi connectivity index (χ3v) is 16.1. The van der Waals surface area contributed by atoms with E-state index in [0.717, 1.165) is 166 Å². The maximum Gasteiger partial charge on any atom is 0.159 e. The van der Waals surface area contributed by atoms with Crippen LogP contribution in [0.3, 0.4) is 0 Å². The predicted octanol–water partition coefficient (Wildman–Crippen LogP) is 21.9. The Hall–Kier alpha value is -10.8. The number of hydrogen-bond donors (Lipinski definition) is 0. The van der Waals surface area contributed by atoms with Crippen molar-refractivity contribution >= 4 is 143 Å². The summed E-state index contributed by atoms with van der Waals surface area (Å²) in [6.45, 7) is 0. The third kappa shape index (κ3) is 6.72. The van der Waals surface area contributed by atoms with Gasteiger partial charge in [-0.1, -0.05) is 170 Å². The van der Waals surface area contributed by atoms with E-state index >= 15 is 0 Å². The average Bonchev–Trinajstić information content (AvgIpc) is 4.31.